The van der Waals surface area contributed by atoms with Gasteiger partial charge in [-0.2, -0.15) is 4.79 Å². The van der Waals surface area contributed by atoms with Crippen LogP contribution in [-0.2, 0) is 4.79 Å². The SMILES string of the molecule is CC(=O)C1=C(C)N=C(c2ccccc2)C1=[N+]=[N-]. The van der Waals surface area contributed by atoms with Crippen LogP contribution in [0.2, 0.25) is 0 Å². The average Bonchev–Trinajstić information content (AvgIpc) is 2.67. The van der Waals surface area contributed by atoms with Crippen molar-refractivity contribution in [2.45, 2.75) is 13.8 Å². The van der Waals surface area contributed by atoms with Gasteiger partial charge in [-0.3, -0.25) is 4.79 Å². The molecule has 0 saturated carbocycles. The molecule has 0 saturated heterocycles. The fourth-order valence-electron chi connectivity index (χ4n) is 1.88. The number of nitrogens with zero attached hydrogens (tertiary/aromatic N) is 3. The summed E-state index contributed by atoms with van der Waals surface area (Å²) in [6.07, 6.45) is 0. The number of hydrogen-bond acceptors (Lipinski definition) is 2. The van der Waals surface area contributed by atoms with E-state index in [2.05, 4.69) is 9.78 Å². The van der Waals surface area contributed by atoms with Crippen LogP contribution < -0.4 is 0 Å². The molecule has 1 aromatic rings. The predicted octanol–water partition coefficient (Wildman–Crippen LogP) is 2.02. The fraction of sp³-hybridized carbons (Fsp3) is 0.154. The molecule has 1 aliphatic rings. The van der Waals surface area contributed by atoms with Crippen molar-refractivity contribution in [3.05, 3.63) is 52.7 Å². The first kappa shape index (κ1) is 11.2. The zero-order valence-electron chi connectivity index (χ0n) is 9.64. The van der Waals surface area contributed by atoms with Crippen LogP contribution in [0.4, 0.5) is 0 Å². The van der Waals surface area contributed by atoms with E-state index in [-0.39, 0.29) is 11.5 Å². The Morgan fingerprint density at radius 1 is 1.29 bits per heavy atom. The summed E-state index contributed by atoms with van der Waals surface area (Å²) in [4.78, 5) is 19.0. The number of aliphatic imine (C=N–C) groups is 1. The van der Waals surface area contributed by atoms with Crippen LogP contribution in [-0.4, -0.2) is 22.0 Å². The number of Topliss-reactive ketones (excluding diaryl/α,β-unsaturated/α-hetero) is 1. The highest BCUT2D eigenvalue weighted by Gasteiger charge is 2.34. The molecule has 0 amide bonds. The molecule has 1 heterocycles. The van der Waals surface area contributed by atoms with Gasteiger partial charge >= 0.3 is 5.71 Å². The Labute approximate surface area is 98.9 Å². The molecule has 4 heteroatoms. The lowest BCUT2D eigenvalue weighted by atomic mass is 9.99. The molecule has 0 unspecified atom stereocenters. The Hall–Kier alpha value is -2.32. The normalized spacial score (nSPS) is 14.7. The topological polar surface area (TPSA) is 65.8 Å². The van der Waals surface area contributed by atoms with E-state index in [4.69, 9.17) is 5.53 Å². The van der Waals surface area contributed by atoms with Crippen LogP contribution in [0.25, 0.3) is 5.53 Å². The van der Waals surface area contributed by atoms with E-state index in [1.54, 1.807) is 6.92 Å². The van der Waals surface area contributed by atoms with E-state index in [1.807, 2.05) is 30.3 Å². The second-order valence-electron chi connectivity index (χ2n) is 3.79. The fourth-order valence-corrected chi connectivity index (χ4v) is 1.88. The molecule has 0 aromatic heterocycles. The minimum absolute atomic E-state index is 0.148. The molecule has 2 rings (SSSR count). The molecule has 4 nitrogen and oxygen atoms in total. The third-order valence-electron chi connectivity index (χ3n) is 2.60. The highest BCUT2D eigenvalue weighted by atomic mass is 16.1. The predicted molar refractivity (Wildman–Crippen MR) is 65.0 cm³/mol. The van der Waals surface area contributed by atoms with Gasteiger partial charge in [0, 0.05) is 5.56 Å². The van der Waals surface area contributed by atoms with Crippen LogP contribution in [0.1, 0.15) is 19.4 Å². The number of rotatable bonds is 2. The molecule has 1 aromatic carbocycles. The summed E-state index contributed by atoms with van der Waals surface area (Å²) in [6, 6.07) is 9.35. The van der Waals surface area contributed by atoms with E-state index in [0.717, 1.165) is 5.56 Å². The molecule has 0 aliphatic carbocycles. The summed E-state index contributed by atoms with van der Waals surface area (Å²) in [6.45, 7) is 3.17. The van der Waals surface area contributed by atoms with Crippen LogP contribution in [0.15, 0.2) is 46.6 Å². The van der Waals surface area contributed by atoms with Crippen LogP contribution in [0.3, 0.4) is 0 Å². The summed E-state index contributed by atoms with van der Waals surface area (Å²) < 4.78 is 0. The first-order valence-electron chi connectivity index (χ1n) is 5.24. The largest absolute Gasteiger partial charge is 0.361 e. The Morgan fingerprint density at radius 2 is 1.94 bits per heavy atom. The minimum atomic E-state index is -0.148. The number of hydrogen-bond donors (Lipinski definition) is 0. The molecule has 0 N–H and O–H groups in total. The lowest BCUT2D eigenvalue weighted by Crippen LogP contribution is -2.19. The lowest BCUT2D eigenvalue weighted by molar-refractivity contribution is -0.113. The molecule has 0 bridgehead atoms. The zero-order chi connectivity index (χ0) is 12.4. The minimum Gasteiger partial charge on any atom is -0.361 e. The standard InChI is InChI=1S/C13H11N3O/c1-8-11(9(2)17)13(16-14)12(15-8)10-6-4-3-5-7-10/h3-7H,1-2H3. The van der Waals surface area contributed by atoms with Crippen molar-refractivity contribution in [1.29, 1.82) is 0 Å². The maximum absolute atomic E-state index is 11.5. The zero-order valence-corrected chi connectivity index (χ0v) is 9.64. The summed E-state index contributed by atoms with van der Waals surface area (Å²) in [5.41, 5.74) is 11.6. The van der Waals surface area contributed by atoms with E-state index in [9.17, 15) is 4.79 Å². The van der Waals surface area contributed by atoms with Crippen molar-refractivity contribution < 1.29 is 9.58 Å². The van der Waals surface area contributed by atoms with Gasteiger partial charge in [0.05, 0.1) is 5.70 Å². The Balaban J connectivity index is 2.54. The van der Waals surface area contributed by atoms with Gasteiger partial charge in [-0.25, -0.2) is 4.99 Å². The van der Waals surface area contributed by atoms with Crippen molar-refractivity contribution >= 4 is 17.2 Å². The molecule has 0 spiro atoms. The number of carbonyl (C=O) groups excluding carboxylic acids is 1. The average molecular weight is 225 g/mol. The summed E-state index contributed by atoms with van der Waals surface area (Å²) in [7, 11) is 0. The molecule has 1 aliphatic heterocycles. The van der Waals surface area contributed by atoms with Crippen molar-refractivity contribution in [2.24, 2.45) is 4.99 Å². The molecule has 84 valence electrons. The second-order valence-corrected chi connectivity index (χ2v) is 3.79. The molecule has 0 fully saturated rings. The van der Waals surface area contributed by atoms with Gasteiger partial charge in [-0.05, 0) is 13.8 Å². The van der Waals surface area contributed by atoms with E-state index < -0.39 is 0 Å². The van der Waals surface area contributed by atoms with Crippen molar-refractivity contribution in [1.82, 2.24) is 0 Å². The maximum Gasteiger partial charge on any atom is 0.353 e. The van der Waals surface area contributed by atoms with Crippen molar-refractivity contribution in [3.8, 4) is 0 Å². The Bertz CT molecular complexity index is 590. The highest BCUT2D eigenvalue weighted by molar-refractivity contribution is 6.58. The molecular weight excluding hydrogens is 214 g/mol. The Kier molecular flexibility index (Phi) is 2.81. The van der Waals surface area contributed by atoms with Gasteiger partial charge in [0.1, 0.15) is 5.57 Å². The summed E-state index contributed by atoms with van der Waals surface area (Å²) in [5.74, 6) is -0.148. The van der Waals surface area contributed by atoms with Gasteiger partial charge in [0.15, 0.2) is 11.5 Å². The van der Waals surface area contributed by atoms with Crippen LogP contribution >= 0.6 is 0 Å². The monoisotopic (exact) mass is 225 g/mol. The van der Waals surface area contributed by atoms with Crippen molar-refractivity contribution in [2.75, 3.05) is 0 Å². The molecule has 0 atom stereocenters. The van der Waals surface area contributed by atoms with Crippen LogP contribution in [0.5, 0.6) is 0 Å². The van der Waals surface area contributed by atoms with Gasteiger partial charge in [-0.1, -0.05) is 30.3 Å². The van der Waals surface area contributed by atoms with E-state index >= 15 is 0 Å². The Morgan fingerprint density at radius 3 is 2.47 bits per heavy atom. The number of carbonyl (C=O) groups is 1. The first-order chi connectivity index (χ1) is 8.15. The highest BCUT2D eigenvalue weighted by Crippen LogP contribution is 2.20. The van der Waals surface area contributed by atoms with Gasteiger partial charge in [-0.15, -0.1) is 0 Å². The smallest absolute Gasteiger partial charge is 0.353 e. The third kappa shape index (κ3) is 1.86. The number of ketones is 1. The summed E-state index contributed by atoms with van der Waals surface area (Å²) >= 11 is 0. The number of allylic oxidation sites excluding steroid dienone is 2. The quantitative estimate of drug-likeness (QED) is 0.561. The van der Waals surface area contributed by atoms with Crippen molar-refractivity contribution in [3.63, 3.8) is 0 Å². The number of benzene rings is 1. The summed E-state index contributed by atoms with van der Waals surface area (Å²) in [5, 5.41) is 0. The third-order valence-corrected chi connectivity index (χ3v) is 2.60. The van der Waals surface area contributed by atoms with Crippen LogP contribution in [0, 0.1) is 0 Å². The van der Waals surface area contributed by atoms with Gasteiger partial charge in [0.25, 0.3) is 0 Å². The molecular formula is C13H11N3O. The van der Waals surface area contributed by atoms with E-state index in [0.29, 0.717) is 17.0 Å². The first-order valence-corrected chi connectivity index (χ1v) is 5.24. The van der Waals surface area contributed by atoms with E-state index in [1.165, 1.54) is 6.92 Å². The maximum atomic E-state index is 11.5. The molecule has 0 radical (unpaired) electrons. The second kappa shape index (κ2) is 4.28. The lowest BCUT2D eigenvalue weighted by Gasteiger charge is -1.96. The van der Waals surface area contributed by atoms with Gasteiger partial charge < -0.3 is 5.53 Å². The van der Waals surface area contributed by atoms with Gasteiger partial charge in [0.2, 0.25) is 0 Å². The molecule has 17 heavy (non-hydrogen) atoms.